The lowest BCUT2D eigenvalue weighted by Gasteiger charge is -2.14. The molecule has 0 heterocycles. The van der Waals surface area contributed by atoms with Gasteiger partial charge in [-0.3, -0.25) is 4.79 Å². The van der Waals surface area contributed by atoms with Gasteiger partial charge >= 0.3 is 0 Å². The van der Waals surface area contributed by atoms with Gasteiger partial charge in [0.25, 0.3) is 5.91 Å². The Kier molecular flexibility index (Phi) is 7.56. The van der Waals surface area contributed by atoms with Gasteiger partial charge < -0.3 is 20.3 Å². The van der Waals surface area contributed by atoms with Crippen LogP contribution in [0.4, 0.5) is 0 Å². The van der Waals surface area contributed by atoms with E-state index >= 15 is 0 Å². The van der Waals surface area contributed by atoms with Crippen molar-refractivity contribution in [2.45, 2.75) is 18.3 Å². The maximum Gasteiger partial charge on any atom is 0.275 e. The third kappa shape index (κ3) is 5.95. The lowest BCUT2D eigenvalue weighted by atomic mass is 10.1. The van der Waals surface area contributed by atoms with Crippen molar-refractivity contribution in [2.24, 2.45) is 5.73 Å². The third-order valence-corrected chi connectivity index (χ3v) is 4.32. The number of hydrogen-bond acceptors (Lipinski definition) is 4. The van der Waals surface area contributed by atoms with Gasteiger partial charge in [0, 0.05) is 12.2 Å². The molecule has 21 heavy (non-hydrogen) atoms. The van der Waals surface area contributed by atoms with Crippen LogP contribution in [0.1, 0.15) is 17.7 Å². The van der Waals surface area contributed by atoms with Crippen molar-refractivity contribution in [1.82, 2.24) is 0 Å². The van der Waals surface area contributed by atoms with Crippen molar-refractivity contribution >= 4 is 16.8 Å². The fourth-order valence-corrected chi connectivity index (χ4v) is 3.07. The van der Waals surface area contributed by atoms with Crippen molar-refractivity contribution < 1.29 is 19.4 Å². The largest absolute Gasteiger partial charge is 0.491 e. The normalized spacial score (nSPS) is 14.0. The summed E-state index contributed by atoms with van der Waals surface area (Å²) in [4.78, 5) is 11.5. The van der Waals surface area contributed by atoms with Crippen LogP contribution in [0.5, 0.6) is 5.75 Å². The molecule has 1 rings (SSSR count). The first kappa shape index (κ1) is 17.8. The second-order valence-corrected chi connectivity index (χ2v) is 7.09. The Labute approximate surface area is 128 Å². The number of benzene rings is 1. The first-order chi connectivity index (χ1) is 9.95. The Balaban J connectivity index is 2.59. The highest BCUT2D eigenvalue weighted by Gasteiger charge is 2.29. The van der Waals surface area contributed by atoms with Gasteiger partial charge in [0.05, 0.1) is 19.1 Å². The lowest BCUT2D eigenvalue weighted by molar-refractivity contribution is -0.117. The number of rotatable bonds is 9. The van der Waals surface area contributed by atoms with E-state index in [1.165, 1.54) is 0 Å². The highest BCUT2D eigenvalue weighted by Crippen LogP contribution is 2.24. The topological polar surface area (TPSA) is 81.8 Å². The zero-order chi connectivity index (χ0) is 15.8. The molecule has 0 aliphatic heterocycles. The molecule has 0 radical (unpaired) electrons. The Hall–Kier alpha value is -1.24. The van der Waals surface area contributed by atoms with Crippen LogP contribution in [0.3, 0.4) is 0 Å². The van der Waals surface area contributed by atoms with Gasteiger partial charge in [-0.05, 0) is 42.1 Å². The molecule has 1 aromatic carbocycles. The van der Waals surface area contributed by atoms with Crippen LogP contribution in [-0.4, -0.2) is 49.4 Å². The Morgan fingerprint density at radius 1 is 1.29 bits per heavy atom. The molecule has 3 N–H and O–H groups in total. The zero-order valence-electron chi connectivity index (χ0n) is 12.7. The highest BCUT2D eigenvalue weighted by molar-refractivity contribution is 7.96. The van der Waals surface area contributed by atoms with Gasteiger partial charge in [-0.15, -0.1) is 0 Å². The Bertz CT molecular complexity index is 436. The Morgan fingerprint density at radius 2 is 1.90 bits per heavy atom. The molecule has 0 bridgehead atoms. The standard InChI is InChI=1S/C15H23NO4S/c1-4-19-9-12(17)10-20-13-7-5-11(6-8-13)14(15(16)18)21(2)3/h5-8,12,14,17H,4,9-10H2,1-3H3,(H-,16,18)/p+1. The average molecular weight is 314 g/mol. The summed E-state index contributed by atoms with van der Waals surface area (Å²) in [6.45, 7) is 2.87. The fraction of sp³-hybridized carbons (Fsp3) is 0.533. The number of carbonyl (C=O) groups is 1. The number of hydrogen-bond donors (Lipinski definition) is 2. The molecule has 1 amide bonds. The SMILES string of the molecule is CCOCC(O)COc1ccc(C(C(N)=O)[S+](C)C)cc1. The molecule has 0 aliphatic rings. The molecule has 0 saturated carbocycles. The van der Waals surface area contributed by atoms with E-state index in [9.17, 15) is 9.90 Å². The van der Waals surface area contributed by atoms with E-state index in [0.29, 0.717) is 12.4 Å². The second-order valence-electron chi connectivity index (χ2n) is 4.86. The Morgan fingerprint density at radius 3 is 2.38 bits per heavy atom. The fourth-order valence-electron chi connectivity index (χ4n) is 1.90. The lowest BCUT2D eigenvalue weighted by Crippen LogP contribution is -2.27. The van der Waals surface area contributed by atoms with Crippen LogP contribution >= 0.6 is 0 Å². The van der Waals surface area contributed by atoms with Gasteiger partial charge in [-0.2, -0.15) is 0 Å². The number of aliphatic hydroxyl groups excluding tert-OH is 1. The summed E-state index contributed by atoms with van der Waals surface area (Å²) >= 11 is 0. The minimum absolute atomic E-state index is 0.128. The van der Waals surface area contributed by atoms with Crippen molar-refractivity contribution in [1.29, 1.82) is 0 Å². The highest BCUT2D eigenvalue weighted by atomic mass is 32.2. The van der Waals surface area contributed by atoms with Gasteiger partial charge in [0.2, 0.25) is 5.25 Å². The molecule has 0 fully saturated rings. The molecule has 118 valence electrons. The summed E-state index contributed by atoms with van der Waals surface area (Å²) in [7, 11) is -0.128. The predicted octanol–water partition coefficient (Wildman–Crippen LogP) is 0.867. The average Bonchev–Trinajstić information content (AvgIpc) is 2.43. The maximum atomic E-state index is 11.5. The van der Waals surface area contributed by atoms with Crippen molar-refractivity contribution in [3.8, 4) is 5.75 Å². The molecule has 0 aliphatic carbocycles. The van der Waals surface area contributed by atoms with Crippen LogP contribution in [0.2, 0.25) is 0 Å². The second kappa shape index (κ2) is 8.92. The van der Waals surface area contributed by atoms with Gasteiger partial charge in [0.15, 0.2) is 0 Å². The summed E-state index contributed by atoms with van der Waals surface area (Å²) in [6.07, 6.45) is 3.33. The number of ether oxygens (including phenoxy) is 2. The van der Waals surface area contributed by atoms with Crippen molar-refractivity contribution in [2.75, 3.05) is 32.3 Å². The first-order valence-corrected chi connectivity index (χ1v) is 8.90. The van der Waals surface area contributed by atoms with E-state index < -0.39 is 6.10 Å². The molecule has 1 aromatic rings. The van der Waals surface area contributed by atoms with E-state index in [2.05, 4.69) is 0 Å². The zero-order valence-corrected chi connectivity index (χ0v) is 13.6. The van der Waals surface area contributed by atoms with Gasteiger partial charge in [0.1, 0.15) is 18.5 Å². The number of nitrogens with two attached hydrogens (primary N) is 1. The van der Waals surface area contributed by atoms with Crippen LogP contribution in [0.25, 0.3) is 0 Å². The van der Waals surface area contributed by atoms with Crippen LogP contribution in [0.15, 0.2) is 24.3 Å². The molecule has 5 nitrogen and oxygen atoms in total. The summed E-state index contributed by atoms with van der Waals surface area (Å²) in [5.74, 6) is 0.328. The van der Waals surface area contributed by atoms with Crippen LogP contribution in [0, 0.1) is 0 Å². The maximum absolute atomic E-state index is 11.5. The summed E-state index contributed by atoms with van der Waals surface area (Å²) in [5, 5.41) is 9.34. The van der Waals surface area contributed by atoms with Crippen molar-refractivity contribution in [3.05, 3.63) is 29.8 Å². The van der Waals surface area contributed by atoms with Crippen LogP contribution in [-0.2, 0) is 20.4 Å². The first-order valence-electron chi connectivity index (χ1n) is 6.80. The molecular weight excluding hydrogens is 290 g/mol. The van der Waals surface area contributed by atoms with E-state index in [1.807, 2.05) is 31.6 Å². The molecule has 0 aromatic heterocycles. The number of carbonyl (C=O) groups excluding carboxylic acids is 1. The van der Waals surface area contributed by atoms with Crippen LogP contribution < -0.4 is 10.5 Å². The van der Waals surface area contributed by atoms with Gasteiger partial charge in [-0.1, -0.05) is 0 Å². The molecule has 2 atom stereocenters. The minimum atomic E-state index is -0.653. The smallest absolute Gasteiger partial charge is 0.275 e. The summed E-state index contributed by atoms with van der Waals surface area (Å²) in [5.41, 5.74) is 6.33. The minimum Gasteiger partial charge on any atom is -0.491 e. The quantitative estimate of drug-likeness (QED) is 0.663. The van der Waals surface area contributed by atoms with E-state index in [-0.39, 0.29) is 35.3 Å². The third-order valence-electron chi connectivity index (χ3n) is 2.87. The van der Waals surface area contributed by atoms with E-state index in [4.69, 9.17) is 15.2 Å². The molecule has 0 spiro atoms. The summed E-state index contributed by atoms with van der Waals surface area (Å²) in [6, 6.07) is 7.25. The number of primary amides is 1. The van der Waals surface area contributed by atoms with Crippen molar-refractivity contribution in [3.63, 3.8) is 0 Å². The predicted molar refractivity (Wildman–Crippen MR) is 85.6 cm³/mol. The molecular formula is C15H24NO4S+. The van der Waals surface area contributed by atoms with Gasteiger partial charge in [-0.25, -0.2) is 0 Å². The number of amides is 1. The molecule has 2 unspecified atom stereocenters. The summed E-state index contributed by atoms with van der Waals surface area (Å²) < 4.78 is 10.6. The monoisotopic (exact) mass is 314 g/mol. The number of aliphatic hydroxyl groups is 1. The van der Waals surface area contributed by atoms with E-state index in [0.717, 1.165) is 5.56 Å². The van der Waals surface area contributed by atoms with E-state index in [1.54, 1.807) is 12.1 Å². The molecule has 6 heteroatoms. The molecule has 0 saturated heterocycles.